The minimum atomic E-state index is -4.51. The smallest absolute Gasteiger partial charge is 0.373 e. The summed E-state index contributed by atoms with van der Waals surface area (Å²) in [7, 11) is 0. The van der Waals surface area contributed by atoms with Crippen LogP contribution in [0.25, 0.3) is 0 Å². The first-order valence-corrected chi connectivity index (χ1v) is 11.3. The Kier molecular flexibility index (Phi) is 6.85. The number of halogens is 3. The zero-order valence-corrected chi connectivity index (χ0v) is 19.1. The zero-order valence-electron chi connectivity index (χ0n) is 19.1. The van der Waals surface area contributed by atoms with Crippen LogP contribution in [0.2, 0.25) is 0 Å². The zero-order chi connectivity index (χ0) is 24.3. The van der Waals surface area contributed by atoms with Gasteiger partial charge in [-0.15, -0.1) is 10.2 Å². The molecule has 0 bridgehead atoms. The molecule has 0 spiro atoms. The molecule has 1 unspecified atom stereocenters. The number of hydrogen-bond acceptors (Lipinski definition) is 5. The SMILES string of the molecule is CC(C)c1ccc(NC2CCCN(c3ccc(CCc4nn[nH]n4)cc3)C2=O)c(C(F)(F)F)c1. The number of rotatable bonds is 7. The molecule has 4 rings (SSSR count). The fourth-order valence-electron chi connectivity index (χ4n) is 4.12. The fraction of sp³-hybridized carbons (Fsp3) is 0.417. The van der Waals surface area contributed by atoms with Crippen molar-refractivity contribution in [3.05, 3.63) is 65.0 Å². The van der Waals surface area contributed by atoms with E-state index in [0.29, 0.717) is 37.2 Å². The number of aryl methyl sites for hydroxylation is 2. The van der Waals surface area contributed by atoms with E-state index in [0.717, 1.165) is 17.7 Å². The van der Waals surface area contributed by atoms with Gasteiger partial charge in [0.15, 0.2) is 5.82 Å². The molecule has 2 aromatic carbocycles. The number of piperidine rings is 1. The third kappa shape index (κ3) is 5.37. The summed E-state index contributed by atoms with van der Waals surface area (Å²) in [6, 6.07) is 11.2. The van der Waals surface area contributed by atoms with Crippen LogP contribution in [0.1, 0.15) is 55.1 Å². The molecule has 1 atom stereocenters. The van der Waals surface area contributed by atoms with Crippen LogP contribution in [-0.4, -0.2) is 39.1 Å². The maximum absolute atomic E-state index is 13.7. The van der Waals surface area contributed by atoms with E-state index in [4.69, 9.17) is 0 Å². The Morgan fingerprint density at radius 2 is 1.91 bits per heavy atom. The van der Waals surface area contributed by atoms with E-state index in [2.05, 4.69) is 25.9 Å². The summed E-state index contributed by atoms with van der Waals surface area (Å²) in [4.78, 5) is 14.8. The first-order valence-electron chi connectivity index (χ1n) is 11.3. The third-order valence-electron chi connectivity index (χ3n) is 6.06. The normalized spacial score (nSPS) is 16.8. The Labute approximate surface area is 195 Å². The van der Waals surface area contributed by atoms with Gasteiger partial charge in [-0.2, -0.15) is 18.4 Å². The standard InChI is InChI=1S/C24H27F3N6O/c1-15(2)17-8-11-20(19(14-17)24(25,26)27)28-21-4-3-13-33(23(21)34)18-9-5-16(6-10-18)7-12-22-29-31-32-30-22/h5-6,8-11,14-15,21,28H,3-4,7,12-13H2,1-2H3,(H,29,30,31,32). The average molecular weight is 473 g/mol. The Morgan fingerprint density at radius 3 is 2.56 bits per heavy atom. The molecule has 1 fully saturated rings. The Morgan fingerprint density at radius 1 is 1.15 bits per heavy atom. The van der Waals surface area contributed by atoms with Crippen LogP contribution in [0.15, 0.2) is 42.5 Å². The first-order chi connectivity index (χ1) is 16.2. The van der Waals surface area contributed by atoms with Crippen molar-refractivity contribution in [3.63, 3.8) is 0 Å². The largest absolute Gasteiger partial charge is 0.418 e. The van der Waals surface area contributed by atoms with Crippen molar-refractivity contribution in [2.75, 3.05) is 16.8 Å². The van der Waals surface area contributed by atoms with Crippen LogP contribution in [0, 0.1) is 0 Å². The molecule has 1 aliphatic rings. The number of H-pyrrole nitrogens is 1. The lowest BCUT2D eigenvalue weighted by molar-refractivity contribution is -0.137. The highest BCUT2D eigenvalue weighted by atomic mass is 19.4. The highest BCUT2D eigenvalue weighted by molar-refractivity contribution is 5.99. The van der Waals surface area contributed by atoms with Crippen LogP contribution < -0.4 is 10.2 Å². The summed E-state index contributed by atoms with van der Waals surface area (Å²) in [5.41, 5.74) is 1.59. The van der Waals surface area contributed by atoms with Crippen LogP contribution in [0.3, 0.4) is 0 Å². The number of nitrogens with zero attached hydrogens (tertiary/aromatic N) is 4. The molecule has 0 radical (unpaired) electrons. The number of tetrazole rings is 1. The van der Waals surface area contributed by atoms with Gasteiger partial charge in [0.2, 0.25) is 5.91 Å². The second-order valence-electron chi connectivity index (χ2n) is 8.78. The lowest BCUT2D eigenvalue weighted by Crippen LogP contribution is -2.48. The lowest BCUT2D eigenvalue weighted by Gasteiger charge is -2.34. The second kappa shape index (κ2) is 9.82. The molecule has 2 N–H and O–H groups in total. The van der Waals surface area contributed by atoms with Crippen molar-refractivity contribution >= 4 is 17.3 Å². The van der Waals surface area contributed by atoms with Gasteiger partial charge in [-0.05, 0) is 60.6 Å². The van der Waals surface area contributed by atoms with Gasteiger partial charge in [0.1, 0.15) is 6.04 Å². The molecule has 1 aromatic heterocycles. The van der Waals surface area contributed by atoms with E-state index >= 15 is 0 Å². The number of hydrogen-bond donors (Lipinski definition) is 2. The van der Waals surface area contributed by atoms with Gasteiger partial charge in [0.05, 0.1) is 5.56 Å². The van der Waals surface area contributed by atoms with Crippen LogP contribution >= 0.6 is 0 Å². The van der Waals surface area contributed by atoms with Crippen molar-refractivity contribution in [1.82, 2.24) is 20.6 Å². The van der Waals surface area contributed by atoms with Gasteiger partial charge in [0.25, 0.3) is 0 Å². The number of alkyl halides is 3. The highest BCUT2D eigenvalue weighted by Gasteiger charge is 2.36. The maximum Gasteiger partial charge on any atom is 0.418 e. The molecule has 10 heteroatoms. The van der Waals surface area contributed by atoms with Crippen molar-refractivity contribution in [2.45, 2.75) is 57.7 Å². The molecule has 2 heterocycles. The quantitative estimate of drug-likeness (QED) is 0.519. The molecule has 1 aliphatic heterocycles. The number of carbonyl (C=O) groups excluding carboxylic acids is 1. The van der Waals surface area contributed by atoms with E-state index in [-0.39, 0.29) is 17.5 Å². The van der Waals surface area contributed by atoms with Crippen molar-refractivity contribution in [3.8, 4) is 0 Å². The molecule has 1 saturated heterocycles. The number of nitrogens with one attached hydrogen (secondary N) is 2. The Hall–Kier alpha value is -3.43. The van der Waals surface area contributed by atoms with E-state index in [9.17, 15) is 18.0 Å². The molecule has 34 heavy (non-hydrogen) atoms. The van der Waals surface area contributed by atoms with Gasteiger partial charge in [0, 0.05) is 24.3 Å². The first kappa shape index (κ1) is 23.7. The second-order valence-corrected chi connectivity index (χ2v) is 8.78. The summed E-state index contributed by atoms with van der Waals surface area (Å²) >= 11 is 0. The number of anilines is 2. The number of carbonyl (C=O) groups is 1. The molecule has 180 valence electrons. The number of aromatic amines is 1. The Balaban J connectivity index is 1.47. The number of benzene rings is 2. The Bertz CT molecular complexity index is 1110. The average Bonchev–Trinajstić information content (AvgIpc) is 3.33. The fourth-order valence-corrected chi connectivity index (χ4v) is 4.12. The van der Waals surface area contributed by atoms with Crippen LogP contribution in [-0.2, 0) is 23.8 Å². The molecule has 3 aromatic rings. The maximum atomic E-state index is 13.7. The minimum Gasteiger partial charge on any atom is -0.373 e. The molecular formula is C24H27F3N6O. The van der Waals surface area contributed by atoms with Crippen molar-refractivity contribution in [2.24, 2.45) is 0 Å². The summed E-state index contributed by atoms with van der Waals surface area (Å²) in [5.74, 6) is 0.368. The summed E-state index contributed by atoms with van der Waals surface area (Å²) in [6.45, 7) is 4.22. The predicted molar refractivity (Wildman–Crippen MR) is 123 cm³/mol. The number of amides is 1. The topological polar surface area (TPSA) is 86.8 Å². The molecular weight excluding hydrogens is 445 g/mol. The van der Waals surface area contributed by atoms with E-state index < -0.39 is 17.8 Å². The molecule has 0 saturated carbocycles. The van der Waals surface area contributed by atoms with Crippen LogP contribution in [0.5, 0.6) is 0 Å². The van der Waals surface area contributed by atoms with Gasteiger partial charge < -0.3 is 10.2 Å². The molecule has 1 amide bonds. The highest BCUT2D eigenvalue weighted by Crippen LogP contribution is 2.37. The summed E-state index contributed by atoms with van der Waals surface area (Å²) in [6.07, 6.45) is -1.98. The molecule has 7 nitrogen and oxygen atoms in total. The van der Waals surface area contributed by atoms with E-state index in [1.54, 1.807) is 11.0 Å². The summed E-state index contributed by atoms with van der Waals surface area (Å²) in [5, 5.41) is 16.7. The predicted octanol–water partition coefficient (Wildman–Crippen LogP) is 4.73. The lowest BCUT2D eigenvalue weighted by atomic mass is 9.98. The van der Waals surface area contributed by atoms with Crippen molar-refractivity contribution in [1.29, 1.82) is 0 Å². The van der Waals surface area contributed by atoms with Gasteiger partial charge >= 0.3 is 6.18 Å². The van der Waals surface area contributed by atoms with Gasteiger partial charge in [-0.3, -0.25) is 4.79 Å². The van der Waals surface area contributed by atoms with Crippen molar-refractivity contribution < 1.29 is 18.0 Å². The van der Waals surface area contributed by atoms with Crippen LogP contribution in [0.4, 0.5) is 24.5 Å². The van der Waals surface area contributed by atoms with Gasteiger partial charge in [-0.25, -0.2) is 0 Å². The number of aromatic nitrogens is 4. The minimum absolute atomic E-state index is 0.0304. The monoisotopic (exact) mass is 472 g/mol. The van der Waals surface area contributed by atoms with E-state index in [1.165, 1.54) is 12.1 Å². The van der Waals surface area contributed by atoms with Gasteiger partial charge in [-0.1, -0.05) is 37.3 Å². The van der Waals surface area contributed by atoms with E-state index in [1.807, 2.05) is 38.1 Å². The summed E-state index contributed by atoms with van der Waals surface area (Å²) < 4.78 is 41.2. The third-order valence-corrected chi connectivity index (χ3v) is 6.06. The molecule has 0 aliphatic carbocycles.